The number of carbonyl (C=O) groups excluding carboxylic acids is 1. The van der Waals surface area contributed by atoms with Gasteiger partial charge in [-0.05, 0) is 18.4 Å². The maximum Gasteiger partial charge on any atom is 0.327 e. The quantitative estimate of drug-likeness (QED) is 0.929. The fourth-order valence-corrected chi connectivity index (χ4v) is 4.01. The molecule has 0 aliphatic carbocycles. The van der Waals surface area contributed by atoms with Crippen LogP contribution in [0.25, 0.3) is 0 Å². The summed E-state index contributed by atoms with van der Waals surface area (Å²) in [5.41, 5.74) is 2.07. The van der Waals surface area contributed by atoms with Crippen LogP contribution in [-0.4, -0.2) is 39.1 Å². The third-order valence-corrected chi connectivity index (χ3v) is 5.28. The number of carbonyl (C=O) groups is 2. The van der Waals surface area contributed by atoms with Gasteiger partial charge in [-0.3, -0.25) is 4.79 Å². The van der Waals surface area contributed by atoms with Crippen molar-refractivity contribution < 1.29 is 14.7 Å². The second kappa shape index (κ2) is 6.52. The molecule has 2 unspecified atom stereocenters. The molecule has 1 aliphatic heterocycles. The first-order chi connectivity index (χ1) is 9.90. The smallest absolute Gasteiger partial charge is 0.327 e. The van der Waals surface area contributed by atoms with Gasteiger partial charge in [-0.25, -0.2) is 4.79 Å². The Hall–Kier alpha value is -1.49. The molecule has 1 aliphatic rings. The second-order valence-electron chi connectivity index (χ2n) is 5.79. The molecule has 4 nitrogen and oxygen atoms in total. The predicted octanol–water partition coefficient (Wildman–Crippen LogP) is 2.55. The molecule has 114 valence electrons. The molecule has 0 radical (unpaired) electrons. The van der Waals surface area contributed by atoms with Crippen LogP contribution in [0.4, 0.5) is 0 Å². The first-order valence-electron chi connectivity index (χ1n) is 7.11. The van der Waals surface area contributed by atoms with Gasteiger partial charge in [0.1, 0.15) is 6.04 Å². The van der Waals surface area contributed by atoms with Gasteiger partial charge in [0.25, 0.3) is 0 Å². The summed E-state index contributed by atoms with van der Waals surface area (Å²) in [4.78, 5) is 25.5. The van der Waals surface area contributed by atoms with Gasteiger partial charge in [0.15, 0.2) is 0 Å². The van der Waals surface area contributed by atoms with Crippen LogP contribution in [0.15, 0.2) is 24.3 Å². The molecular weight excluding hydrogens is 286 g/mol. The van der Waals surface area contributed by atoms with Gasteiger partial charge >= 0.3 is 5.97 Å². The van der Waals surface area contributed by atoms with E-state index in [1.165, 1.54) is 0 Å². The highest BCUT2D eigenvalue weighted by atomic mass is 32.2. The molecule has 21 heavy (non-hydrogen) atoms. The topological polar surface area (TPSA) is 57.6 Å². The van der Waals surface area contributed by atoms with Crippen LogP contribution < -0.4 is 0 Å². The van der Waals surface area contributed by atoms with Crippen molar-refractivity contribution in [3.8, 4) is 0 Å². The standard InChI is InChI=1S/C16H21NO3S/c1-10(2)15-17(13(9-21-15)16(19)20)14(18)8-12-6-4-11(3)5-7-12/h4-7,10,13,15H,8-9H2,1-3H3,(H,19,20). The van der Waals surface area contributed by atoms with E-state index >= 15 is 0 Å². The van der Waals surface area contributed by atoms with E-state index in [4.69, 9.17) is 0 Å². The zero-order chi connectivity index (χ0) is 15.6. The number of hydrogen-bond donors (Lipinski definition) is 1. The van der Waals surface area contributed by atoms with Crippen LogP contribution in [0.5, 0.6) is 0 Å². The molecular formula is C16H21NO3S. The maximum absolute atomic E-state index is 12.6. The molecule has 1 saturated heterocycles. The summed E-state index contributed by atoms with van der Waals surface area (Å²) in [5.74, 6) is -0.308. The Labute approximate surface area is 129 Å². The molecule has 1 fully saturated rings. The van der Waals surface area contributed by atoms with Crippen molar-refractivity contribution in [3.05, 3.63) is 35.4 Å². The molecule has 1 aromatic rings. The van der Waals surface area contributed by atoms with Crippen molar-refractivity contribution in [3.63, 3.8) is 0 Å². The second-order valence-corrected chi connectivity index (χ2v) is 6.93. The van der Waals surface area contributed by atoms with Crippen molar-refractivity contribution >= 4 is 23.6 Å². The number of amides is 1. The Morgan fingerprint density at radius 1 is 1.33 bits per heavy atom. The summed E-state index contributed by atoms with van der Waals surface area (Å²) in [6.07, 6.45) is 0.258. The summed E-state index contributed by atoms with van der Waals surface area (Å²) in [6, 6.07) is 7.08. The Kier molecular flexibility index (Phi) is 4.93. The molecule has 1 heterocycles. The van der Waals surface area contributed by atoms with Crippen molar-refractivity contribution in [1.82, 2.24) is 4.90 Å². The third kappa shape index (κ3) is 3.59. The first-order valence-corrected chi connectivity index (χ1v) is 8.16. The molecule has 2 atom stereocenters. The van der Waals surface area contributed by atoms with E-state index in [9.17, 15) is 14.7 Å². The van der Waals surface area contributed by atoms with Crippen molar-refractivity contribution in [2.75, 3.05) is 5.75 Å². The van der Waals surface area contributed by atoms with Crippen molar-refractivity contribution in [2.24, 2.45) is 5.92 Å². The predicted molar refractivity (Wildman–Crippen MR) is 84.2 cm³/mol. The van der Waals surface area contributed by atoms with Gasteiger partial charge in [0.05, 0.1) is 11.8 Å². The minimum Gasteiger partial charge on any atom is -0.480 e. The zero-order valence-corrected chi connectivity index (χ0v) is 13.4. The van der Waals surface area contributed by atoms with E-state index in [1.807, 2.05) is 45.0 Å². The molecule has 1 N–H and O–H groups in total. The number of rotatable bonds is 4. The van der Waals surface area contributed by atoms with E-state index in [0.29, 0.717) is 5.75 Å². The van der Waals surface area contributed by atoms with Crippen LogP contribution in [-0.2, 0) is 16.0 Å². The molecule has 0 bridgehead atoms. The highest BCUT2D eigenvalue weighted by molar-refractivity contribution is 8.00. The first kappa shape index (κ1) is 15.9. The van der Waals surface area contributed by atoms with Gasteiger partial charge in [-0.1, -0.05) is 43.7 Å². The van der Waals surface area contributed by atoms with Gasteiger partial charge in [0.2, 0.25) is 5.91 Å². The number of aliphatic carboxylic acids is 1. The van der Waals surface area contributed by atoms with E-state index < -0.39 is 12.0 Å². The van der Waals surface area contributed by atoms with Gasteiger partial charge < -0.3 is 10.0 Å². The molecule has 0 saturated carbocycles. The van der Waals surface area contributed by atoms with E-state index in [2.05, 4.69) is 0 Å². The molecule has 1 aromatic carbocycles. The number of thioether (sulfide) groups is 1. The van der Waals surface area contributed by atoms with E-state index in [-0.39, 0.29) is 23.6 Å². The van der Waals surface area contributed by atoms with E-state index in [0.717, 1.165) is 11.1 Å². The van der Waals surface area contributed by atoms with Crippen LogP contribution in [0.3, 0.4) is 0 Å². The summed E-state index contributed by atoms with van der Waals surface area (Å²) in [7, 11) is 0. The summed E-state index contributed by atoms with van der Waals surface area (Å²) in [5, 5.41) is 9.28. The monoisotopic (exact) mass is 307 g/mol. The number of carboxylic acid groups (broad SMARTS) is 1. The maximum atomic E-state index is 12.6. The van der Waals surface area contributed by atoms with Gasteiger partial charge in [0, 0.05) is 5.75 Å². The normalized spacial score (nSPS) is 21.8. The van der Waals surface area contributed by atoms with Crippen LogP contribution in [0.1, 0.15) is 25.0 Å². The van der Waals surface area contributed by atoms with Crippen molar-refractivity contribution in [2.45, 2.75) is 38.6 Å². The Morgan fingerprint density at radius 3 is 2.48 bits per heavy atom. The highest BCUT2D eigenvalue weighted by Gasteiger charge is 2.42. The lowest BCUT2D eigenvalue weighted by atomic mass is 10.1. The molecule has 1 amide bonds. The lowest BCUT2D eigenvalue weighted by Gasteiger charge is -2.29. The van der Waals surface area contributed by atoms with Gasteiger partial charge in [-0.2, -0.15) is 0 Å². The van der Waals surface area contributed by atoms with Crippen molar-refractivity contribution in [1.29, 1.82) is 0 Å². The number of benzene rings is 1. The number of nitrogens with zero attached hydrogens (tertiary/aromatic N) is 1. The Bertz CT molecular complexity index is 527. The molecule has 0 spiro atoms. The average molecular weight is 307 g/mol. The SMILES string of the molecule is Cc1ccc(CC(=O)N2C(C(=O)O)CSC2C(C)C)cc1. The summed E-state index contributed by atoms with van der Waals surface area (Å²) in [6.45, 7) is 6.04. The Balaban J connectivity index is 2.16. The molecule has 5 heteroatoms. The molecule has 2 rings (SSSR count). The largest absolute Gasteiger partial charge is 0.480 e. The number of hydrogen-bond acceptors (Lipinski definition) is 3. The average Bonchev–Trinajstić information content (AvgIpc) is 2.86. The summed E-state index contributed by atoms with van der Waals surface area (Å²) >= 11 is 1.56. The summed E-state index contributed by atoms with van der Waals surface area (Å²) < 4.78 is 0. The fourth-order valence-electron chi connectivity index (χ4n) is 2.52. The highest BCUT2D eigenvalue weighted by Crippen LogP contribution is 2.34. The van der Waals surface area contributed by atoms with E-state index in [1.54, 1.807) is 16.7 Å². The lowest BCUT2D eigenvalue weighted by Crippen LogP contribution is -2.47. The van der Waals surface area contributed by atoms with Crippen LogP contribution in [0, 0.1) is 12.8 Å². The minimum atomic E-state index is -0.914. The number of aryl methyl sites for hydroxylation is 1. The Morgan fingerprint density at radius 2 is 1.95 bits per heavy atom. The minimum absolute atomic E-state index is 0.0518. The zero-order valence-electron chi connectivity index (χ0n) is 12.6. The van der Waals surface area contributed by atoms with Crippen LogP contribution in [0.2, 0.25) is 0 Å². The van der Waals surface area contributed by atoms with Crippen LogP contribution >= 0.6 is 11.8 Å². The van der Waals surface area contributed by atoms with Gasteiger partial charge in [-0.15, -0.1) is 11.8 Å². The molecule has 0 aromatic heterocycles. The lowest BCUT2D eigenvalue weighted by molar-refractivity contribution is -0.149. The third-order valence-electron chi connectivity index (χ3n) is 3.65. The fraction of sp³-hybridized carbons (Fsp3) is 0.500. The number of carboxylic acids is 1.